The van der Waals surface area contributed by atoms with Crippen LogP contribution in [-0.4, -0.2) is 46.1 Å². The van der Waals surface area contributed by atoms with Gasteiger partial charge in [0.2, 0.25) is 5.91 Å². The molecule has 0 aromatic heterocycles. The lowest BCUT2D eigenvalue weighted by molar-refractivity contribution is -0.146. The summed E-state index contributed by atoms with van der Waals surface area (Å²) in [7, 11) is 0. The number of rotatable bonds is 3. The number of carboxylic acid groups (broad SMARTS) is 1. The number of carboxylic acids is 1. The molecule has 0 spiro atoms. The zero-order chi connectivity index (χ0) is 16.4. The van der Waals surface area contributed by atoms with Gasteiger partial charge in [0.15, 0.2) is 0 Å². The summed E-state index contributed by atoms with van der Waals surface area (Å²) in [5.41, 5.74) is 0.834. The van der Waals surface area contributed by atoms with Crippen molar-refractivity contribution in [2.24, 2.45) is 5.10 Å². The number of hydrogen-bond acceptors (Lipinski definition) is 4. The van der Waals surface area contributed by atoms with Crippen LogP contribution in [0.1, 0.15) is 25.7 Å². The van der Waals surface area contributed by atoms with Crippen LogP contribution in [0.5, 0.6) is 0 Å². The van der Waals surface area contributed by atoms with Crippen molar-refractivity contribution in [3.8, 4) is 0 Å². The summed E-state index contributed by atoms with van der Waals surface area (Å²) in [6, 6.07) is 8.09. The second-order valence-electron chi connectivity index (χ2n) is 5.58. The van der Waals surface area contributed by atoms with Crippen molar-refractivity contribution in [2.75, 3.05) is 11.6 Å². The van der Waals surface area contributed by atoms with Gasteiger partial charge >= 0.3 is 5.97 Å². The number of anilines is 1. The predicted octanol–water partition coefficient (Wildman–Crippen LogP) is 1.24. The fourth-order valence-corrected chi connectivity index (χ4v) is 2.91. The molecule has 0 radical (unpaired) electrons. The SMILES string of the molecule is O=C(O)[C@H]1CCCN1C(=O)C1=NN(c2ccccc2)C(=O)CC1. The van der Waals surface area contributed by atoms with E-state index in [0.29, 0.717) is 25.1 Å². The van der Waals surface area contributed by atoms with Gasteiger partial charge in [-0.25, -0.2) is 9.80 Å². The fourth-order valence-electron chi connectivity index (χ4n) is 2.91. The molecule has 2 heterocycles. The van der Waals surface area contributed by atoms with Crippen LogP contribution in [0.25, 0.3) is 0 Å². The number of benzene rings is 1. The average Bonchev–Trinajstić information content (AvgIpc) is 3.05. The number of hydrogen-bond donors (Lipinski definition) is 1. The Morgan fingerprint density at radius 1 is 1.17 bits per heavy atom. The molecule has 23 heavy (non-hydrogen) atoms. The first-order chi connectivity index (χ1) is 11.1. The zero-order valence-corrected chi connectivity index (χ0v) is 12.5. The molecule has 120 valence electrons. The van der Waals surface area contributed by atoms with E-state index in [1.807, 2.05) is 6.07 Å². The Hall–Kier alpha value is -2.70. The molecule has 1 saturated heterocycles. The Morgan fingerprint density at radius 2 is 1.91 bits per heavy atom. The van der Waals surface area contributed by atoms with Gasteiger partial charge in [0.05, 0.1) is 5.69 Å². The second kappa shape index (κ2) is 6.20. The molecule has 3 rings (SSSR count). The number of para-hydroxylation sites is 1. The minimum absolute atomic E-state index is 0.177. The molecule has 0 unspecified atom stereocenters. The third kappa shape index (κ3) is 2.94. The number of hydrazone groups is 1. The molecule has 0 saturated carbocycles. The Morgan fingerprint density at radius 3 is 2.61 bits per heavy atom. The van der Waals surface area contributed by atoms with Crippen molar-refractivity contribution in [3.63, 3.8) is 0 Å². The van der Waals surface area contributed by atoms with E-state index in [4.69, 9.17) is 0 Å². The number of carbonyl (C=O) groups is 3. The lowest BCUT2D eigenvalue weighted by Gasteiger charge is -2.27. The number of amides is 2. The van der Waals surface area contributed by atoms with Crippen LogP contribution in [0.2, 0.25) is 0 Å². The number of likely N-dealkylation sites (tertiary alicyclic amines) is 1. The minimum Gasteiger partial charge on any atom is -0.480 e. The zero-order valence-electron chi connectivity index (χ0n) is 12.5. The molecule has 0 bridgehead atoms. The first-order valence-corrected chi connectivity index (χ1v) is 7.57. The van der Waals surface area contributed by atoms with Crippen molar-refractivity contribution in [1.29, 1.82) is 0 Å². The molecule has 2 aliphatic heterocycles. The molecule has 1 aromatic carbocycles. The highest BCUT2D eigenvalue weighted by atomic mass is 16.4. The second-order valence-corrected chi connectivity index (χ2v) is 5.58. The molecule has 0 aliphatic carbocycles. The Balaban J connectivity index is 1.86. The molecule has 1 N–H and O–H groups in total. The first-order valence-electron chi connectivity index (χ1n) is 7.57. The summed E-state index contributed by atoms with van der Waals surface area (Å²) < 4.78 is 0. The van der Waals surface area contributed by atoms with Crippen LogP contribution in [0, 0.1) is 0 Å². The van der Waals surface area contributed by atoms with E-state index in [9.17, 15) is 19.5 Å². The van der Waals surface area contributed by atoms with E-state index in [2.05, 4.69) is 5.10 Å². The molecule has 1 fully saturated rings. The van der Waals surface area contributed by atoms with E-state index in [-0.39, 0.29) is 30.4 Å². The Labute approximate surface area is 133 Å². The third-order valence-electron chi connectivity index (χ3n) is 4.08. The van der Waals surface area contributed by atoms with Crippen molar-refractivity contribution >= 4 is 29.2 Å². The number of aliphatic carboxylic acids is 1. The monoisotopic (exact) mass is 315 g/mol. The van der Waals surface area contributed by atoms with Gasteiger partial charge in [-0.3, -0.25) is 9.59 Å². The quantitative estimate of drug-likeness (QED) is 0.908. The Kier molecular flexibility index (Phi) is 4.10. The highest BCUT2D eigenvalue weighted by molar-refractivity contribution is 6.40. The highest BCUT2D eigenvalue weighted by Gasteiger charge is 2.37. The summed E-state index contributed by atoms with van der Waals surface area (Å²) in [5.74, 6) is -1.56. The van der Waals surface area contributed by atoms with Crippen molar-refractivity contribution in [2.45, 2.75) is 31.7 Å². The van der Waals surface area contributed by atoms with Crippen LogP contribution in [0.3, 0.4) is 0 Å². The fraction of sp³-hybridized carbons (Fsp3) is 0.375. The maximum Gasteiger partial charge on any atom is 0.326 e. The summed E-state index contributed by atoms with van der Waals surface area (Å²) in [4.78, 5) is 37.2. The normalized spacial score (nSPS) is 21.3. The predicted molar refractivity (Wildman–Crippen MR) is 83.0 cm³/mol. The molecule has 7 heteroatoms. The van der Waals surface area contributed by atoms with Crippen LogP contribution in [-0.2, 0) is 14.4 Å². The molecule has 2 aliphatic rings. The molecule has 7 nitrogen and oxygen atoms in total. The van der Waals surface area contributed by atoms with Crippen molar-refractivity contribution in [1.82, 2.24) is 4.90 Å². The number of nitrogens with zero attached hydrogens (tertiary/aromatic N) is 3. The number of carbonyl (C=O) groups excluding carboxylic acids is 2. The molecule has 2 amide bonds. The largest absolute Gasteiger partial charge is 0.480 e. The van der Waals surface area contributed by atoms with Crippen LogP contribution in [0.4, 0.5) is 5.69 Å². The summed E-state index contributed by atoms with van der Waals surface area (Å²) in [6.45, 7) is 0.411. The van der Waals surface area contributed by atoms with Crippen LogP contribution in [0.15, 0.2) is 35.4 Å². The molecular formula is C16H17N3O4. The first kappa shape index (κ1) is 15.2. The van der Waals surface area contributed by atoms with Crippen molar-refractivity contribution < 1.29 is 19.5 Å². The van der Waals surface area contributed by atoms with Crippen molar-refractivity contribution in [3.05, 3.63) is 30.3 Å². The molecular weight excluding hydrogens is 298 g/mol. The smallest absolute Gasteiger partial charge is 0.326 e. The van der Waals surface area contributed by atoms with Gasteiger partial charge < -0.3 is 10.0 Å². The van der Waals surface area contributed by atoms with Gasteiger partial charge in [0.1, 0.15) is 11.8 Å². The highest BCUT2D eigenvalue weighted by Crippen LogP contribution is 2.23. The van der Waals surface area contributed by atoms with Gasteiger partial charge in [0, 0.05) is 19.4 Å². The van der Waals surface area contributed by atoms with Crippen LogP contribution >= 0.6 is 0 Å². The maximum atomic E-state index is 12.6. The lowest BCUT2D eigenvalue weighted by atomic mass is 10.1. The lowest BCUT2D eigenvalue weighted by Crippen LogP contribution is -2.46. The Bertz CT molecular complexity index is 671. The van der Waals surface area contributed by atoms with E-state index < -0.39 is 12.0 Å². The molecule has 1 atom stereocenters. The van der Waals surface area contributed by atoms with Gasteiger partial charge in [-0.2, -0.15) is 5.10 Å². The summed E-state index contributed by atoms with van der Waals surface area (Å²) >= 11 is 0. The summed E-state index contributed by atoms with van der Waals surface area (Å²) in [5, 5.41) is 14.6. The van der Waals surface area contributed by atoms with E-state index >= 15 is 0 Å². The average molecular weight is 315 g/mol. The van der Waals surface area contributed by atoms with Crippen LogP contribution < -0.4 is 5.01 Å². The van der Waals surface area contributed by atoms with Gasteiger partial charge in [-0.15, -0.1) is 0 Å². The van der Waals surface area contributed by atoms with E-state index in [1.54, 1.807) is 24.3 Å². The summed E-state index contributed by atoms with van der Waals surface area (Å²) in [6.07, 6.45) is 1.54. The third-order valence-corrected chi connectivity index (χ3v) is 4.08. The van der Waals surface area contributed by atoms with Gasteiger partial charge in [-0.1, -0.05) is 18.2 Å². The van der Waals surface area contributed by atoms with E-state index in [1.165, 1.54) is 9.91 Å². The van der Waals surface area contributed by atoms with E-state index in [0.717, 1.165) is 0 Å². The maximum absolute atomic E-state index is 12.6. The molecule has 1 aromatic rings. The standard InChI is InChI=1S/C16H17N3O4/c20-14-9-8-12(17-19(14)11-5-2-1-3-6-11)15(21)18-10-4-7-13(18)16(22)23/h1-3,5-6,13H,4,7-10H2,(H,22,23)/t13-/m1/s1. The topological polar surface area (TPSA) is 90.3 Å². The van der Waals surface area contributed by atoms with Gasteiger partial charge in [0.25, 0.3) is 5.91 Å². The minimum atomic E-state index is -0.997. The van der Waals surface area contributed by atoms with Gasteiger partial charge in [-0.05, 0) is 25.0 Å².